The average Bonchev–Trinajstić information content (AvgIpc) is 3.79. The number of Topliss-reactive ketones (excluding diaryl/α,β-unsaturated/α-hetero) is 1. The minimum atomic E-state index is -0.679. The molecule has 3 N–H and O–H groups in total. The number of carbonyl (C=O) groups excluding carboxylic acids is 2. The van der Waals surface area contributed by atoms with Gasteiger partial charge >= 0.3 is 6.09 Å². The summed E-state index contributed by atoms with van der Waals surface area (Å²) < 4.78 is 5.65. The van der Waals surface area contributed by atoms with Crippen LogP contribution in [0.5, 0.6) is 0 Å². The molecule has 1 aromatic carbocycles. The lowest BCUT2D eigenvalue weighted by atomic mass is 9.71. The van der Waals surface area contributed by atoms with E-state index in [-0.39, 0.29) is 11.9 Å². The van der Waals surface area contributed by atoms with Crippen molar-refractivity contribution in [3.8, 4) is 11.3 Å². The first kappa shape index (κ1) is 31.9. The molecule has 7 rings (SSSR count). The topological polar surface area (TPSA) is 91.7 Å². The number of ether oxygens (including phenoxy) is 1. The number of benzene rings is 1. The number of aryl methyl sites for hydroxylation is 2. The van der Waals surface area contributed by atoms with Crippen LogP contribution in [0.2, 0.25) is 0 Å². The molecule has 8 heteroatoms. The van der Waals surface area contributed by atoms with Gasteiger partial charge in [-0.05, 0) is 134 Å². The number of nitrogens with one attached hydrogen (secondary N) is 1. The molecule has 1 amide bonds. The zero-order valence-electron chi connectivity index (χ0n) is 28.8. The Balaban J connectivity index is 1.13. The summed E-state index contributed by atoms with van der Waals surface area (Å²) in [5, 5.41) is 1.24. The molecule has 3 aromatic rings. The Morgan fingerprint density at radius 2 is 1.52 bits per heavy atom. The minimum absolute atomic E-state index is 0.183. The quantitative estimate of drug-likeness (QED) is 0.284. The van der Waals surface area contributed by atoms with E-state index < -0.39 is 16.6 Å². The molecule has 2 saturated heterocycles. The second-order valence-electron chi connectivity index (χ2n) is 16.6. The van der Waals surface area contributed by atoms with Crippen LogP contribution in [0.3, 0.4) is 0 Å². The summed E-state index contributed by atoms with van der Waals surface area (Å²) in [7, 11) is 0. The predicted molar refractivity (Wildman–Crippen MR) is 186 cm³/mol. The number of H-pyrrole nitrogens is 1. The van der Waals surface area contributed by atoms with E-state index in [1.165, 1.54) is 33.3 Å². The number of fused-ring (bicyclic) bond motifs is 4. The molecule has 4 heterocycles. The van der Waals surface area contributed by atoms with Crippen LogP contribution in [0.25, 0.3) is 21.5 Å². The average molecular weight is 645 g/mol. The molecule has 4 fully saturated rings. The second-order valence-corrected chi connectivity index (χ2v) is 17.6. The first-order chi connectivity index (χ1) is 21.6. The standard InChI is InChI=1S/C38H52N4O3S/c1-22-14-23(2)16-24(15-22)32-29(12-13-41-18-25-20-42(21-26(25)19-41)35(44)45-36(3,4)5)30-17-31(46-33(30)40-32)37(6,7)34(43)38(39)27-8-9-28(38)11-10-27/h14-17,25-28,40H,8-13,18-21,39H2,1-7H3. The minimum Gasteiger partial charge on any atom is -0.444 e. The smallest absolute Gasteiger partial charge is 0.410 e. The Hall–Kier alpha value is -2.68. The Bertz CT molecular complexity index is 1620. The number of rotatable bonds is 7. The molecule has 0 radical (unpaired) electrons. The van der Waals surface area contributed by atoms with Gasteiger partial charge in [0.05, 0.1) is 16.6 Å². The molecule has 0 spiro atoms. The van der Waals surface area contributed by atoms with Gasteiger partial charge in [0, 0.05) is 43.0 Å². The third-order valence-electron chi connectivity index (χ3n) is 11.7. The number of likely N-dealkylation sites (tertiary alicyclic amines) is 2. The van der Waals surface area contributed by atoms with E-state index in [2.05, 4.69) is 61.8 Å². The van der Waals surface area contributed by atoms with Crippen LogP contribution in [0, 0.1) is 37.5 Å². The maximum absolute atomic E-state index is 14.3. The lowest BCUT2D eigenvalue weighted by Crippen LogP contribution is -2.58. The molecular formula is C38H52N4O3S. The van der Waals surface area contributed by atoms with Crippen molar-refractivity contribution in [1.29, 1.82) is 0 Å². The monoisotopic (exact) mass is 644 g/mol. The molecule has 2 saturated carbocycles. The highest BCUT2D eigenvalue weighted by Crippen LogP contribution is 2.54. The molecular weight excluding hydrogens is 593 g/mol. The summed E-state index contributed by atoms with van der Waals surface area (Å²) in [5.74, 6) is 1.88. The normalized spacial score (nSPS) is 28.0. The van der Waals surface area contributed by atoms with E-state index >= 15 is 0 Å². The zero-order chi connectivity index (χ0) is 32.8. The number of carbonyl (C=O) groups is 2. The fraction of sp³-hybridized carbons (Fsp3) is 0.632. The molecule has 2 aliphatic heterocycles. The summed E-state index contributed by atoms with van der Waals surface area (Å²) in [4.78, 5) is 37.5. The fourth-order valence-electron chi connectivity index (χ4n) is 9.39. The summed E-state index contributed by atoms with van der Waals surface area (Å²) in [5.41, 5.74) is 11.5. The lowest BCUT2D eigenvalue weighted by molar-refractivity contribution is -0.130. The van der Waals surface area contributed by atoms with Gasteiger partial charge < -0.3 is 25.3 Å². The number of nitrogens with two attached hydrogens (primary N) is 1. The first-order valence-electron chi connectivity index (χ1n) is 17.4. The van der Waals surface area contributed by atoms with Crippen LogP contribution in [0.15, 0.2) is 24.3 Å². The summed E-state index contributed by atoms with van der Waals surface area (Å²) >= 11 is 1.73. The van der Waals surface area contributed by atoms with Gasteiger partial charge in [0.1, 0.15) is 10.4 Å². The van der Waals surface area contributed by atoms with Gasteiger partial charge in [0.2, 0.25) is 0 Å². The summed E-state index contributed by atoms with van der Waals surface area (Å²) in [6.45, 7) is 18.8. The number of amides is 1. The van der Waals surface area contributed by atoms with Gasteiger partial charge in [-0.25, -0.2) is 4.79 Å². The Kier molecular flexibility index (Phi) is 7.77. The third kappa shape index (κ3) is 5.42. The maximum atomic E-state index is 14.3. The summed E-state index contributed by atoms with van der Waals surface area (Å²) in [6.07, 6.45) is 5.11. The molecule has 2 atom stereocenters. The molecule has 2 unspecified atom stereocenters. The maximum Gasteiger partial charge on any atom is 0.410 e. The number of nitrogens with zero attached hydrogens (tertiary/aromatic N) is 2. The number of hydrogen-bond acceptors (Lipinski definition) is 6. The van der Waals surface area contributed by atoms with Crippen molar-refractivity contribution in [3.05, 3.63) is 45.8 Å². The van der Waals surface area contributed by atoms with Crippen molar-refractivity contribution in [2.75, 3.05) is 32.7 Å². The Labute approximate surface area is 278 Å². The van der Waals surface area contributed by atoms with E-state index in [9.17, 15) is 9.59 Å². The van der Waals surface area contributed by atoms with Gasteiger partial charge in [-0.15, -0.1) is 11.3 Å². The van der Waals surface area contributed by atoms with E-state index in [1.54, 1.807) is 11.3 Å². The van der Waals surface area contributed by atoms with E-state index in [1.807, 2.05) is 25.7 Å². The van der Waals surface area contributed by atoms with Crippen LogP contribution in [0.1, 0.15) is 81.9 Å². The number of ketones is 1. The van der Waals surface area contributed by atoms with Gasteiger partial charge in [-0.3, -0.25) is 4.79 Å². The van der Waals surface area contributed by atoms with Crippen molar-refractivity contribution >= 4 is 33.4 Å². The highest BCUT2D eigenvalue weighted by Gasteiger charge is 2.59. The van der Waals surface area contributed by atoms with Gasteiger partial charge in [-0.2, -0.15) is 0 Å². The molecule has 46 heavy (non-hydrogen) atoms. The highest BCUT2D eigenvalue weighted by atomic mass is 32.1. The second kappa shape index (κ2) is 11.2. The van der Waals surface area contributed by atoms with Crippen molar-refractivity contribution in [2.24, 2.45) is 29.4 Å². The molecule has 248 valence electrons. The Morgan fingerprint density at radius 3 is 2.09 bits per heavy atom. The number of aromatic amines is 1. The first-order valence-corrected chi connectivity index (χ1v) is 18.2. The molecule has 7 nitrogen and oxygen atoms in total. The van der Waals surface area contributed by atoms with Crippen LogP contribution < -0.4 is 5.73 Å². The fourth-order valence-corrected chi connectivity index (χ4v) is 10.6. The largest absolute Gasteiger partial charge is 0.444 e. The summed E-state index contributed by atoms with van der Waals surface area (Å²) in [6, 6.07) is 9.08. The predicted octanol–water partition coefficient (Wildman–Crippen LogP) is 7.22. The van der Waals surface area contributed by atoms with Crippen molar-refractivity contribution in [2.45, 2.75) is 97.1 Å². The van der Waals surface area contributed by atoms with Crippen molar-refractivity contribution in [1.82, 2.24) is 14.8 Å². The Morgan fingerprint density at radius 1 is 0.935 bits per heavy atom. The van der Waals surface area contributed by atoms with Crippen LogP contribution in [-0.2, 0) is 21.4 Å². The van der Waals surface area contributed by atoms with E-state index in [4.69, 9.17) is 10.5 Å². The highest BCUT2D eigenvalue weighted by molar-refractivity contribution is 7.19. The van der Waals surface area contributed by atoms with Gasteiger partial charge in [0.25, 0.3) is 0 Å². The van der Waals surface area contributed by atoms with Crippen LogP contribution >= 0.6 is 11.3 Å². The van der Waals surface area contributed by atoms with Crippen molar-refractivity contribution in [3.63, 3.8) is 0 Å². The SMILES string of the molecule is Cc1cc(C)cc(-c2[nH]c3sc(C(C)(C)C(=O)C4(N)C5CCC4CC5)cc3c2CCN2CC3CN(C(=O)OC(C)(C)C)CC3C2)c1. The van der Waals surface area contributed by atoms with Crippen LogP contribution in [0.4, 0.5) is 4.79 Å². The zero-order valence-corrected chi connectivity index (χ0v) is 29.6. The molecule has 4 aliphatic rings. The molecule has 2 aliphatic carbocycles. The third-order valence-corrected chi connectivity index (χ3v) is 13.0. The van der Waals surface area contributed by atoms with E-state index in [0.29, 0.717) is 23.7 Å². The lowest BCUT2D eigenvalue weighted by Gasteiger charge is -2.36. The van der Waals surface area contributed by atoms with Gasteiger partial charge in [0.15, 0.2) is 5.78 Å². The number of thiophene rings is 1. The van der Waals surface area contributed by atoms with E-state index in [0.717, 1.165) is 74.5 Å². The van der Waals surface area contributed by atoms with Crippen molar-refractivity contribution < 1.29 is 14.3 Å². The molecule has 2 bridgehead atoms. The van der Waals surface area contributed by atoms with Gasteiger partial charge in [-0.1, -0.05) is 17.2 Å². The van der Waals surface area contributed by atoms with Crippen LogP contribution in [-0.4, -0.2) is 70.5 Å². The number of hydrogen-bond donors (Lipinski definition) is 2. The molecule has 2 aromatic heterocycles. The number of aromatic nitrogens is 1.